The van der Waals surface area contributed by atoms with Crippen molar-refractivity contribution in [3.05, 3.63) is 0 Å². The average Bonchev–Trinajstić information content (AvgIpc) is 2.50. The second-order valence-electron chi connectivity index (χ2n) is 6.80. The fourth-order valence-electron chi connectivity index (χ4n) is 2.74. The minimum absolute atomic E-state index is 0.942. The van der Waals surface area contributed by atoms with E-state index < -0.39 is 0 Å². The molecule has 0 aliphatic heterocycles. The summed E-state index contributed by atoms with van der Waals surface area (Å²) >= 11 is 0. The first kappa shape index (κ1) is 21.0. The van der Waals surface area contributed by atoms with Crippen molar-refractivity contribution < 1.29 is 4.74 Å². The summed E-state index contributed by atoms with van der Waals surface area (Å²) in [4.78, 5) is 0. The molecule has 1 nitrogen and oxygen atoms in total. The lowest BCUT2D eigenvalue weighted by molar-refractivity contribution is 0.130. The minimum Gasteiger partial charge on any atom is -0.381 e. The van der Waals surface area contributed by atoms with Crippen molar-refractivity contribution in [3.8, 4) is 0 Å². The summed E-state index contributed by atoms with van der Waals surface area (Å²) < 4.78 is 5.50. The minimum atomic E-state index is 0.942. The predicted octanol–water partition coefficient (Wildman–Crippen LogP) is 7.14. The second-order valence-corrected chi connectivity index (χ2v) is 6.80. The van der Waals surface area contributed by atoms with Crippen molar-refractivity contribution in [2.24, 2.45) is 5.92 Å². The van der Waals surface area contributed by atoms with Gasteiger partial charge in [0, 0.05) is 13.2 Å². The lowest BCUT2D eigenvalue weighted by Gasteiger charge is -2.07. The highest BCUT2D eigenvalue weighted by Gasteiger charge is 1.98. The van der Waals surface area contributed by atoms with Gasteiger partial charge in [0.15, 0.2) is 0 Å². The van der Waals surface area contributed by atoms with E-state index >= 15 is 0 Å². The van der Waals surface area contributed by atoms with Gasteiger partial charge in [-0.3, -0.25) is 0 Å². The Morgan fingerprint density at radius 1 is 0.619 bits per heavy atom. The Morgan fingerprint density at radius 2 is 1.10 bits per heavy atom. The normalized spacial score (nSPS) is 12.7. The lowest BCUT2D eigenvalue weighted by Crippen LogP contribution is -1.95. The van der Waals surface area contributed by atoms with Gasteiger partial charge in [-0.05, 0) is 18.8 Å². The summed E-state index contributed by atoms with van der Waals surface area (Å²) in [5.41, 5.74) is 0. The summed E-state index contributed by atoms with van der Waals surface area (Å²) in [6, 6.07) is 0. The van der Waals surface area contributed by atoms with Crippen LogP contribution in [0, 0.1) is 5.92 Å². The second kappa shape index (κ2) is 18.0. The molecule has 0 aliphatic rings. The van der Waals surface area contributed by atoms with Crippen molar-refractivity contribution in [2.45, 2.75) is 111 Å². The molecule has 0 aromatic heterocycles. The molecule has 0 aliphatic carbocycles. The third-order valence-electron chi connectivity index (χ3n) is 4.53. The van der Waals surface area contributed by atoms with Gasteiger partial charge in [0.1, 0.15) is 0 Å². The van der Waals surface area contributed by atoms with E-state index in [4.69, 9.17) is 4.74 Å². The van der Waals surface area contributed by atoms with Crippen LogP contribution < -0.4 is 0 Å². The zero-order valence-electron chi connectivity index (χ0n) is 15.3. The Kier molecular flexibility index (Phi) is 18.0. The molecule has 0 spiro atoms. The molecule has 1 unspecified atom stereocenters. The number of rotatable bonds is 17. The maximum Gasteiger partial charge on any atom is 0.0466 e. The monoisotopic (exact) mass is 298 g/mol. The maximum atomic E-state index is 5.50. The summed E-state index contributed by atoms with van der Waals surface area (Å²) in [5.74, 6) is 0.942. The molecule has 0 fully saturated rings. The van der Waals surface area contributed by atoms with Gasteiger partial charge in [0.2, 0.25) is 0 Å². The highest BCUT2D eigenvalue weighted by molar-refractivity contribution is 4.52. The molecular formula is C20H42O. The van der Waals surface area contributed by atoms with Crippen molar-refractivity contribution in [2.75, 3.05) is 13.2 Å². The van der Waals surface area contributed by atoms with Crippen LogP contribution >= 0.6 is 0 Å². The Morgan fingerprint density at radius 3 is 1.57 bits per heavy atom. The average molecular weight is 299 g/mol. The van der Waals surface area contributed by atoms with E-state index in [1.807, 2.05) is 0 Å². The highest BCUT2D eigenvalue weighted by atomic mass is 16.5. The topological polar surface area (TPSA) is 9.23 Å². The van der Waals surface area contributed by atoms with Crippen LogP contribution in [0.1, 0.15) is 111 Å². The van der Waals surface area contributed by atoms with Gasteiger partial charge in [-0.2, -0.15) is 0 Å². The first-order chi connectivity index (χ1) is 10.3. The van der Waals surface area contributed by atoms with E-state index in [0.29, 0.717) is 0 Å². The van der Waals surface area contributed by atoms with Gasteiger partial charge < -0.3 is 4.74 Å². The molecule has 0 aromatic rings. The Balaban J connectivity index is 2.96. The quantitative estimate of drug-likeness (QED) is 0.259. The zero-order chi connectivity index (χ0) is 15.6. The molecule has 0 N–H and O–H groups in total. The van der Waals surface area contributed by atoms with Crippen LogP contribution in [-0.2, 0) is 4.74 Å². The number of hydrogen-bond acceptors (Lipinski definition) is 1. The number of ether oxygens (including phenoxy) is 1. The van der Waals surface area contributed by atoms with Crippen LogP contribution in [0.5, 0.6) is 0 Å². The molecule has 21 heavy (non-hydrogen) atoms. The summed E-state index contributed by atoms with van der Waals surface area (Å²) in [7, 11) is 0. The fraction of sp³-hybridized carbons (Fsp3) is 1.00. The molecule has 0 radical (unpaired) electrons. The SMILES string of the molecule is CCCOCCCCCCCCCCCCCC(C)CC. The molecule has 0 bridgehead atoms. The van der Waals surface area contributed by atoms with Crippen molar-refractivity contribution in [1.82, 2.24) is 0 Å². The molecule has 0 saturated heterocycles. The van der Waals surface area contributed by atoms with Crippen molar-refractivity contribution in [1.29, 1.82) is 0 Å². The lowest BCUT2D eigenvalue weighted by atomic mass is 9.99. The number of hydrogen-bond donors (Lipinski definition) is 0. The highest BCUT2D eigenvalue weighted by Crippen LogP contribution is 2.15. The van der Waals surface area contributed by atoms with Crippen LogP contribution in [-0.4, -0.2) is 13.2 Å². The Labute approximate surface area is 135 Å². The first-order valence-electron chi connectivity index (χ1n) is 9.89. The standard InChI is InChI=1S/C20H42O/c1-4-18-21-19-16-14-12-10-8-6-7-9-11-13-15-17-20(3)5-2/h20H,4-19H2,1-3H3. The third-order valence-corrected chi connectivity index (χ3v) is 4.53. The van der Waals surface area contributed by atoms with Gasteiger partial charge in [0.05, 0.1) is 0 Å². The van der Waals surface area contributed by atoms with Crippen molar-refractivity contribution >= 4 is 0 Å². The van der Waals surface area contributed by atoms with Gasteiger partial charge in [0.25, 0.3) is 0 Å². The Hall–Kier alpha value is -0.0400. The van der Waals surface area contributed by atoms with Gasteiger partial charge in [-0.25, -0.2) is 0 Å². The smallest absolute Gasteiger partial charge is 0.0466 e. The Bertz CT molecular complexity index is 179. The summed E-state index contributed by atoms with van der Waals surface area (Å²) in [6.45, 7) is 8.78. The van der Waals surface area contributed by atoms with Crippen LogP contribution in [0.15, 0.2) is 0 Å². The molecule has 0 saturated carbocycles. The van der Waals surface area contributed by atoms with E-state index in [2.05, 4.69) is 20.8 Å². The van der Waals surface area contributed by atoms with Gasteiger partial charge in [-0.15, -0.1) is 0 Å². The van der Waals surface area contributed by atoms with E-state index in [-0.39, 0.29) is 0 Å². The first-order valence-corrected chi connectivity index (χ1v) is 9.89. The van der Waals surface area contributed by atoms with E-state index in [9.17, 15) is 0 Å². The van der Waals surface area contributed by atoms with E-state index in [1.54, 1.807) is 0 Å². The molecule has 0 aromatic carbocycles. The fourth-order valence-corrected chi connectivity index (χ4v) is 2.74. The molecule has 0 rings (SSSR count). The molecule has 1 atom stereocenters. The maximum absolute atomic E-state index is 5.50. The largest absolute Gasteiger partial charge is 0.381 e. The van der Waals surface area contributed by atoms with E-state index in [1.165, 1.54) is 83.5 Å². The summed E-state index contributed by atoms with van der Waals surface area (Å²) in [6.07, 6.45) is 19.6. The van der Waals surface area contributed by atoms with Gasteiger partial charge in [-0.1, -0.05) is 97.8 Å². The molecule has 0 amide bonds. The van der Waals surface area contributed by atoms with E-state index in [0.717, 1.165) is 25.6 Å². The van der Waals surface area contributed by atoms with Crippen LogP contribution in [0.2, 0.25) is 0 Å². The third kappa shape index (κ3) is 17.9. The molecule has 128 valence electrons. The van der Waals surface area contributed by atoms with Crippen LogP contribution in [0.25, 0.3) is 0 Å². The van der Waals surface area contributed by atoms with Crippen LogP contribution in [0.4, 0.5) is 0 Å². The van der Waals surface area contributed by atoms with Crippen LogP contribution in [0.3, 0.4) is 0 Å². The molecule has 1 heteroatoms. The molecule has 0 heterocycles. The van der Waals surface area contributed by atoms with Crippen molar-refractivity contribution in [3.63, 3.8) is 0 Å². The molecular weight excluding hydrogens is 256 g/mol. The van der Waals surface area contributed by atoms with Gasteiger partial charge >= 0.3 is 0 Å². The number of unbranched alkanes of at least 4 members (excludes halogenated alkanes) is 10. The zero-order valence-corrected chi connectivity index (χ0v) is 15.3. The summed E-state index contributed by atoms with van der Waals surface area (Å²) in [5, 5.41) is 0. The predicted molar refractivity (Wildman–Crippen MR) is 96.0 cm³/mol.